The summed E-state index contributed by atoms with van der Waals surface area (Å²) in [6.45, 7) is 9.86. The largest absolute Gasteiger partial charge is 0.294 e. The molecule has 0 heterocycles. The molecule has 1 heteroatoms. The molecule has 0 amide bonds. The van der Waals surface area contributed by atoms with Crippen molar-refractivity contribution in [3.8, 4) is 0 Å². The molecular formula is C11H23N. The molecule has 0 aromatic carbocycles. The summed E-state index contributed by atoms with van der Waals surface area (Å²) < 4.78 is 0. The van der Waals surface area contributed by atoms with Gasteiger partial charge in [0.25, 0.3) is 0 Å². The van der Waals surface area contributed by atoms with E-state index in [1.165, 1.54) is 25.0 Å². The standard InChI is InChI=1S/C11H23N/c1-5-7-8-10(3)11(4)12-9-6-2/h10H,5-9H2,1-4H3. The van der Waals surface area contributed by atoms with Crippen LogP contribution >= 0.6 is 0 Å². The van der Waals surface area contributed by atoms with Gasteiger partial charge in [0.2, 0.25) is 0 Å². The molecule has 0 aromatic heterocycles. The molecule has 0 aliphatic rings. The third-order valence-electron chi connectivity index (χ3n) is 2.29. The molecule has 0 aliphatic carbocycles. The van der Waals surface area contributed by atoms with Crippen LogP contribution in [0.5, 0.6) is 0 Å². The number of unbranched alkanes of at least 4 members (excludes halogenated alkanes) is 1. The van der Waals surface area contributed by atoms with Crippen LogP contribution in [0.3, 0.4) is 0 Å². The average Bonchev–Trinajstić information content (AvgIpc) is 2.10. The Kier molecular flexibility index (Phi) is 7.12. The van der Waals surface area contributed by atoms with Gasteiger partial charge >= 0.3 is 0 Å². The summed E-state index contributed by atoms with van der Waals surface area (Å²) in [5, 5.41) is 0. The Morgan fingerprint density at radius 2 is 1.92 bits per heavy atom. The van der Waals surface area contributed by atoms with E-state index in [1.54, 1.807) is 0 Å². The molecular weight excluding hydrogens is 146 g/mol. The van der Waals surface area contributed by atoms with E-state index in [2.05, 4.69) is 32.7 Å². The molecule has 0 saturated heterocycles. The van der Waals surface area contributed by atoms with E-state index in [1.807, 2.05) is 0 Å². The first-order chi connectivity index (χ1) is 5.72. The van der Waals surface area contributed by atoms with Crippen LogP contribution in [-0.2, 0) is 0 Å². The fourth-order valence-corrected chi connectivity index (χ4v) is 1.16. The second-order valence-corrected chi connectivity index (χ2v) is 3.57. The summed E-state index contributed by atoms with van der Waals surface area (Å²) in [5.41, 5.74) is 1.34. The minimum Gasteiger partial charge on any atom is -0.294 e. The van der Waals surface area contributed by atoms with E-state index in [0.29, 0.717) is 5.92 Å². The third kappa shape index (κ3) is 5.34. The van der Waals surface area contributed by atoms with Crippen molar-refractivity contribution in [1.29, 1.82) is 0 Å². The Morgan fingerprint density at radius 1 is 1.25 bits per heavy atom. The first-order valence-electron chi connectivity index (χ1n) is 5.23. The number of nitrogens with zero attached hydrogens (tertiary/aromatic N) is 1. The van der Waals surface area contributed by atoms with Gasteiger partial charge in [0.15, 0.2) is 0 Å². The molecule has 0 aliphatic heterocycles. The zero-order valence-electron chi connectivity index (χ0n) is 9.06. The second kappa shape index (κ2) is 7.33. The third-order valence-corrected chi connectivity index (χ3v) is 2.29. The highest BCUT2D eigenvalue weighted by molar-refractivity contribution is 5.83. The molecule has 1 atom stereocenters. The van der Waals surface area contributed by atoms with E-state index in [0.717, 1.165) is 13.0 Å². The van der Waals surface area contributed by atoms with Gasteiger partial charge in [-0.15, -0.1) is 0 Å². The van der Waals surface area contributed by atoms with Crippen molar-refractivity contribution in [3.05, 3.63) is 0 Å². The highest BCUT2D eigenvalue weighted by Gasteiger charge is 2.03. The van der Waals surface area contributed by atoms with E-state index in [9.17, 15) is 0 Å². The van der Waals surface area contributed by atoms with Crippen molar-refractivity contribution in [3.63, 3.8) is 0 Å². The quantitative estimate of drug-likeness (QED) is 0.538. The number of hydrogen-bond donors (Lipinski definition) is 0. The van der Waals surface area contributed by atoms with Crippen molar-refractivity contribution in [2.24, 2.45) is 10.9 Å². The maximum absolute atomic E-state index is 4.51. The number of hydrogen-bond acceptors (Lipinski definition) is 1. The summed E-state index contributed by atoms with van der Waals surface area (Å²) in [4.78, 5) is 4.51. The lowest BCUT2D eigenvalue weighted by Crippen LogP contribution is -2.07. The lowest BCUT2D eigenvalue weighted by molar-refractivity contribution is 0.620. The number of rotatable bonds is 6. The van der Waals surface area contributed by atoms with Crippen molar-refractivity contribution >= 4 is 5.71 Å². The van der Waals surface area contributed by atoms with Gasteiger partial charge in [0.05, 0.1) is 0 Å². The molecule has 1 nitrogen and oxygen atoms in total. The van der Waals surface area contributed by atoms with Gasteiger partial charge in [0, 0.05) is 12.3 Å². The fourth-order valence-electron chi connectivity index (χ4n) is 1.16. The van der Waals surface area contributed by atoms with Crippen LogP contribution in [0.15, 0.2) is 4.99 Å². The van der Waals surface area contributed by atoms with Gasteiger partial charge in [0.1, 0.15) is 0 Å². The van der Waals surface area contributed by atoms with Crippen LogP contribution in [0.1, 0.15) is 53.4 Å². The van der Waals surface area contributed by atoms with Crippen LogP contribution < -0.4 is 0 Å². The molecule has 12 heavy (non-hydrogen) atoms. The average molecular weight is 169 g/mol. The Hall–Kier alpha value is -0.330. The van der Waals surface area contributed by atoms with Gasteiger partial charge in [-0.2, -0.15) is 0 Å². The van der Waals surface area contributed by atoms with Gasteiger partial charge in [-0.1, -0.05) is 33.6 Å². The molecule has 0 aromatic rings. The molecule has 1 unspecified atom stereocenters. The Bertz CT molecular complexity index is 127. The van der Waals surface area contributed by atoms with E-state index < -0.39 is 0 Å². The van der Waals surface area contributed by atoms with E-state index in [4.69, 9.17) is 0 Å². The van der Waals surface area contributed by atoms with E-state index >= 15 is 0 Å². The van der Waals surface area contributed by atoms with Gasteiger partial charge in [-0.3, -0.25) is 4.99 Å². The van der Waals surface area contributed by atoms with Crippen molar-refractivity contribution in [2.75, 3.05) is 6.54 Å². The van der Waals surface area contributed by atoms with Crippen LogP contribution in [-0.4, -0.2) is 12.3 Å². The normalized spacial score (nSPS) is 14.8. The molecule has 0 radical (unpaired) electrons. The SMILES string of the molecule is CCCCC(C)C(C)=NCCC. The lowest BCUT2D eigenvalue weighted by Gasteiger charge is -2.09. The molecule has 0 fully saturated rings. The summed E-state index contributed by atoms with van der Waals surface area (Å²) in [5.74, 6) is 0.691. The summed E-state index contributed by atoms with van der Waals surface area (Å²) in [7, 11) is 0. The Balaban J connectivity index is 3.66. The van der Waals surface area contributed by atoms with Crippen molar-refractivity contribution in [2.45, 2.75) is 53.4 Å². The molecule has 0 rings (SSSR count). The predicted octanol–water partition coefficient (Wildman–Crippen LogP) is 3.68. The van der Waals surface area contributed by atoms with E-state index in [-0.39, 0.29) is 0 Å². The van der Waals surface area contributed by atoms with Gasteiger partial charge in [-0.05, 0) is 25.7 Å². The van der Waals surface area contributed by atoms with Crippen LogP contribution in [0.4, 0.5) is 0 Å². The van der Waals surface area contributed by atoms with Crippen LogP contribution in [0.2, 0.25) is 0 Å². The molecule has 0 saturated carbocycles. The second-order valence-electron chi connectivity index (χ2n) is 3.57. The fraction of sp³-hybridized carbons (Fsp3) is 0.909. The maximum Gasteiger partial charge on any atom is 0.0386 e. The highest BCUT2D eigenvalue weighted by Crippen LogP contribution is 2.09. The zero-order valence-corrected chi connectivity index (χ0v) is 9.06. The smallest absolute Gasteiger partial charge is 0.0386 e. The van der Waals surface area contributed by atoms with Crippen molar-refractivity contribution < 1.29 is 0 Å². The van der Waals surface area contributed by atoms with Crippen LogP contribution in [0.25, 0.3) is 0 Å². The lowest BCUT2D eigenvalue weighted by atomic mass is 10.00. The maximum atomic E-state index is 4.51. The molecule has 0 spiro atoms. The molecule has 0 bridgehead atoms. The zero-order chi connectivity index (χ0) is 9.40. The van der Waals surface area contributed by atoms with Crippen molar-refractivity contribution in [1.82, 2.24) is 0 Å². The highest BCUT2D eigenvalue weighted by atomic mass is 14.7. The first kappa shape index (κ1) is 11.7. The predicted molar refractivity (Wildman–Crippen MR) is 57.0 cm³/mol. The van der Waals surface area contributed by atoms with Gasteiger partial charge < -0.3 is 0 Å². The first-order valence-corrected chi connectivity index (χ1v) is 5.23. The number of aliphatic imine (C=N–C) groups is 1. The molecule has 0 N–H and O–H groups in total. The summed E-state index contributed by atoms with van der Waals surface area (Å²) in [6, 6.07) is 0. The topological polar surface area (TPSA) is 12.4 Å². The monoisotopic (exact) mass is 169 g/mol. The summed E-state index contributed by atoms with van der Waals surface area (Å²) in [6.07, 6.45) is 5.10. The van der Waals surface area contributed by atoms with Crippen LogP contribution in [0, 0.1) is 5.92 Å². The van der Waals surface area contributed by atoms with Gasteiger partial charge in [-0.25, -0.2) is 0 Å². The molecule has 72 valence electrons. The minimum atomic E-state index is 0.691. The Morgan fingerprint density at radius 3 is 2.42 bits per heavy atom. The summed E-state index contributed by atoms with van der Waals surface area (Å²) >= 11 is 0. The Labute approximate surface area is 77.3 Å². The minimum absolute atomic E-state index is 0.691.